The number of hydrogen-bond acceptors (Lipinski definition) is 3. The molecule has 0 bridgehead atoms. The second-order valence-electron chi connectivity index (χ2n) is 6.63. The van der Waals surface area contributed by atoms with Gasteiger partial charge in [0.15, 0.2) is 5.52 Å². The van der Waals surface area contributed by atoms with E-state index in [-0.39, 0.29) is 23.8 Å². The van der Waals surface area contributed by atoms with Gasteiger partial charge in [0.05, 0.1) is 18.1 Å². The highest BCUT2D eigenvalue weighted by Gasteiger charge is 2.19. The first kappa shape index (κ1) is 18.2. The standard InChI is InChI=1S/C22H18ClN3O2/c1-15(17-6-3-2-4-7-17)26-19-8-5-13-24-20(19)21(27)25(22(26)28)14-16-9-11-18(23)12-10-16/h2-13,15H,14H2,1H3. The van der Waals surface area contributed by atoms with Crippen LogP contribution in [0.1, 0.15) is 24.1 Å². The van der Waals surface area contributed by atoms with Gasteiger partial charge in [0.2, 0.25) is 0 Å². The fraction of sp³-hybridized carbons (Fsp3) is 0.136. The third kappa shape index (κ3) is 3.25. The predicted octanol–water partition coefficient (Wildman–Crippen LogP) is 3.87. The third-order valence-electron chi connectivity index (χ3n) is 4.85. The van der Waals surface area contributed by atoms with E-state index in [1.807, 2.05) is 49.4 Å². The van der Waals surface area contributed by atoms with Gasteiger partial charge in [-0.25, -0.2) is 9.78 Å². The van der Waals surface area contributed by atoms with E-state index in [0.29, 0.717) is 10.5 Å². The van der Waals surface area contributed by atoms with Gasteiger partial charge < -0.3 is 0 Å². The van der Waals surface area contributed by atoms with E-state index in [0.717, 1.165) is 11.1 Å². The van der Waals surface area contributed by atoms with E-state index < -0.39 is 5.56 Å². The summed E-state index contributed by atoms with van der Waals surface area (Å²) in [5.41, 5.74) is 1.84. The van der Waals surface area contributed by atoms with E-state index in [1.165, 1.54) is 4.57 Å². The minimum Gasteiger partial charge on any atom is -0.284 e. The van der Waals surface area contributed by atoms with Crippen LogP contribution in [0.4, 0.5) is 0 Å². The number of fused-ring (bicyclic) bond motifs is 1. The average Bonchev–Trinajstić information content (AvgIpc) is 2.73. The molecular weight excluding hydrogens is 374 g/mol. The van der Waals surface area contributed by atoms with E-state index in [1.54, 1.807) is 35.0 Å². The molecule has 0 aliphatic rings. The first-order valence-electron chi connectivity index (χ1n) is 8.95. The lowest BCUT2D eigenvalue weighted by atomic mass is 10.1. The molecule has 4 aromatic rings. The molecule has 0 aliphatic carbocycles. The van der Waals surface area contributed by atoms with Crippen LogP contribution in [0, 0.1) is 0 Å². The van der Waals surface area contributed by atoms with Crippen LogP contribution < -0.4 is 11.2 Å². The van der Waals surface area contributed by atoms with Crippen LogP contribution >= 0.6 is 11.6 Å². The maximum absolute atomic E-state index is 13.4. The van der Waals surface area contributed by atoms with Gasteiger partial charge in [0, 0.05) is 11.2 Å². The van der Waals surface area contributed by atoms with Crippen LogP contribution in [0.2, 0.25) is 5.02 Å². The van der Waals surface area contributed by atoms with Crippen molar-refractivity contribution >= 4 is 22.6 Å². The van der Waals surface area contributed by atoms with Gasteiger partial charge in [0.25, 0.3) is 5.56 Å². The van der Waals surface area contributed by atoms with Crippen molar-refractivity contribution in [2.45, 2.75) is 19.5 Å². The molecule has 2 aromatic carbocycles. The minimum absolute atomic E-state index is 0.156. The summed E-state index contributed by atoms with van der Waals surface area (Å²) in [4.78, 5) is 30.6. The van der Waals surface area contributed by atoms with Crippen molar-refractivity contribution in [3.05, 3.63) is 110 Å². The van der Waals surface area contributed by atoms with Crippen molar-refractivity contribution in [1.29, 1.82) is 0 Å². The predicted molar refractivity (Wildman–Crippen MR) is 111 cm³/mol. The Kier molecular flexibility index (Phi) is 4.84. The zero-order valence-electron chi connectivity index (χ0n) is 15.2. The SMILES string of the molecule is CC(c1ccccc1)n1c(=O)n(Cc2ccc(Cl)cc2)c(=O)c2ncccc21. The van der Waals surface area contributed by atoms with Gasteiger partial charge in [-0.1, -0.05) is 54.1 Å². The number of rotatable bonds is 4. The van der Waals surface area contributed by atoms with Crippen LogP contribution in [-0.2, 0) is 6.54 Å². The lowest BCUT2D eigenvalue weighted by Crippen LogP contribution is -2.41. The molecule has 2 heterocycles. The second kappa shape index (κ2) is 7.44. The molecule has 6 heteroatoms. The summed E-state index contributed by atoms with van der Waals surface area (Å²) in [6.07, 6.45) is 1.57. The first-order valence-corrected chi connectivity index (χ1v) is 9.33. The molecular formula is C22H18ClN3O2. The zero-order chi connectivity index (χ0) is 19.7. The lowest BCUT2D eigenvalue weighted by Gasteiger charge is -2.20. The topological polar surface area (TPSA) is 56.9 Å². The molecule has 0 fully saturated rings. The largest absolute Gasteiger partial charge is 0.332 e. The van der Waals surface area contributed by atoms with Crippen molar-refractivity contribution < 1.29 is 0 Å². The number of halogens is 1. The van der Waals surface area contributed by atoms with Gasteiger partial charge in [-0.05, 0) is 42.3 Å². The number of nitrogens with zero attached hydrogens (tertiary/aromatic N) is 3. The smallest absolute Gasteiger partial charge is 0.284 e. The summed E-state index contributed by atoms with van der Waals surface area (Å²) >= 11 is 5.95. The molecule has 0 N–H and O–H groups in total. The highest BCUT2D eigenvalue weighted by molar-refractivity contribution is 6.30. The third-order valence-corrected chi connectivity index (χ3v) is 5.11. The average molecular weight is 392 g/mol. The Labute approximate surface area is 166 Å². The molecule has 0 radical (unpaired) electrons. The highest BCUT2D eigenvalue weighted by Crippen LogP contribution is 2.19. The Morgan fingerprint density at radius 3 is 2.39 bits per heavy atom. The molecule has 140 valence electrons. The molecule has 0 spiro atoms. The molecule has 0 saturated heterocycles. The van der Waals surface area contributed by atoms with Crippen LogP contribution in [0.15, 0.2) is 82.5 Å². The number of aromatic nitrogens is 3. The molecule has 4 rings (SSSR count). The molecule has 5 nitrogen and oxygen atoms in total. The van der Waals surface area contributed by atoms with Gasteiger partial charge >= 0.3 is 5.69 Å². The Bertz CT molecular complexity index is 1250. The van der Waals surface area contributed by atoms with Crippen LogP contribution in [0.3, 0.4) is 0 Å². The monoisotopic (exact) mass is 391 g/mol. The molecule has 2 aromatic heterocycles. The van der Waals surface area contributed by atoms with Crippen LogP contribution in [0.5, 0.6) is 0 Å². The highest BCUT2D eigenvalue weighted by atomic mass is 35.5. The Hall–Kier alpha value is -3.18. The number of pyridine rings is 1. The van der Waals surface area contributed by atoms with E-state index in [9.17, 15) is 9.59 Å². The first-order chi connectivity index (χ1) is 13.6. The van der Waals surface area contributed by atoms with Crippen molar-refractivity contribution in [3.63, 3.8) is 0 Å². The van der Waals surface area contributed by atoms with Crippen molar-refractivity contribution in [1.82, 2.24) is 14.1 Å². The Morgan fingerprint density at radius 2 is 1.68 bits per heavy atom. The minimum atomic E-state index is -0.396. The fourth-order valence-electron chi connectivity index (χ4n) is 3.37. The van der Waals surface area contributed by atoms with E-state index in [4.69, 9.17) is 11.6 Å². The molecule has 1 unspecified atom stereocenters. The molecule has 0 saturated carbocycles. The Balaban J connectivity index is 1.95. The van der Waals surface area contributed by atoms with Crippen molar-refractivity contribution in [2.75, 3.05) is 0 Å². The van der Waals surface area contributed by atoms with Crippen molar-refractivity contribution in [2.24, 2.45) is 0 Å². The maximum atomic E-state index is 13.4. The summed E-state index contributed by atoms with van der Waals surface area (Å²) in [5, 5.41) is 0.603. The fourth-order valence-corrected chi connectivity index (χ4v) is 3.50. The van der Waals surface area contributed by atoms with E-state index in [2.05, 4.69) is 4.98 Å². The van der Waals surface area contributed by atoms with Gasteiger partial charge in [-0.15, -0.1) is 0 Å². The summed E-state index contributed by atoms with van der Waals surface area (Å²) in [7, 11) is 0. The molecule has 0 amide bonds. The van der Waals surface area contributed by atoms with Gasteiger partial charge in [-0.2, -0.15) is 0 Å². The summed E-state index contributed by atoms with van der Waals surface area (Å²) in [6.45, 7) is 2.10. The zero-order valence-corrected chi connectivity index (χ0v) is 16.0. The molecule has 0 aliphatic heterocycles. The summed E-state index contributed by atoms with van der Waals surface area (Å²) in [5.74, 6) is 0. The quantitative estimate of drug-likeness (QED) is 0.530. The summed E-state index contributed by atoms with van der Waals surface area (Å²) in [6, 6.07) is 20.1. The van der Waals surface area contributed by atoms with Crippen LogP contribution in [0.25, 0.3) is 11.0 Å². The lowest BCUT2D eigenvalue weighted by molar-refractivity contribution is 0.566. The van der Waals surface area contributed by atoms with Gasteiger partial charge in [0.1, 0.15) is 0 Å². The number of benzene rings is 2. The van der Waals surface area contributed by atoms with Crippen LogP contribution in [-0.4, -0.2) is 14.1 Å². The second-order valence-corrected chi connectivity index (χ2v) is 7.06. The number of hydrogen-bond donors (Lipinski definition) is 0. The Morgan fingerprint density at radius 1 is 0.964 bits per heavy atom. The normalized spacial score (nSPS) is 12.2. The van der Waals surface area contributed by atoms with Crippen molar-refractivity contribution in [3.8, 4) is 0 Å². The van der Waals surface area contributed by atoms with Gasteiger partial charge in [-0.3, -0.25) is 13.9 Å². The molecule has 1 atom stereocenters. The van der Waals surface area contributed by atoms with E-state index >= 15 is 0 Å². The summed E-state index contributed by atoms with van der Waals surface area (Å²) < 4.78 is 2.87. The molecule has 28 heavy (non-hydrogen) atoms. The maximum Gasteiger partial charge on any atom is 0.332 e.